The molecule has 0 radical (unpaired) electrons. The van der Waals surface area contributed by atoms with E-state index in [4.69, 9.17) is 16.3 Å². The molecule has 0 amide bonds. The molecule has 114 valence electrons. The lowest BCUT2D eigenvalue weighted by Crippen LogP contribution is -2.20. The van der Waals surface area contributed by atoms with Gasteiger partial charge in [-0.3, -0.25) is 19.7 Å². The van der Waals surface area contributed by atoms with Gasteiger partial charge in [-0.25, -0.2) is 0 Å². The van der Waals surface area contributed by atoms with Crippen molar-refractivity contribution in [3.63, 3.8) is 0 Å². The van der Waals surface area contributed by atoms with Crippen LogP contribution in [-0.4, -0.2) is 16.1 Å². The Morgan fingerprint density at radius 3 is 2.45 bits per heavy atom. The summed E-state index contributed by atoms with van der Waals surface area (Å²) in [6.07, 6.45) is 0. The number of esters is 1. The van der Waals surface area contributed by atoms with Crippen molar-refractivity contribution in [1.29, 1.82) is 0 Å². The van der Waals surface area contributed by atoms with Crippen molar-refractivity contribution >= 4 is 39.8 Å². The Bertz CT molecular complexity index is 684. The fourth-order valence-corrected chi connectivity index (χ4v) is 2.65. The van der Waals surface area contributed by atoms with Gasteiger partial charge < -0.3 is 4.74 Å². The summed E-state index contributed by atoms with van der Waals surface area (Å²) < 4.78 is 5.07. The molecular formula is C14H10ClNO5S. The zero-order chi connectivity index (χ0) is 16.1. The second-order valence-corrected chi connectivity index (χ2v) is 5.48. The van der Waals surface area contributed by atoms with Gasteiger partial charge in [-0.15, -0.1) is 0 Å². The van der Waals surface area contributed by atoms with E-state index in [0.29, 0.717) is 11.1 Å². The van der Waals surface area contributed by atoms with Gasteiger partial charge in [0.2, 0.25) is 5.24 Å². The number of nitro benzene ring substituents is 1. The van der Waals surface area contributed by atoms with E-state index in [1.165, 1.54) is 35.6 Å². The highest BCUT2D eigenvalue weighted by molar-refractivity contribution is 7.08. The van der Waals surface area contributed by atoms with Crippen molar-refractivity contribution in [2.45, 2.75) is 12.5 Å². The average Bonchev–Trinajstić information content (AvgIpc) is 2.99. The molecule has 2 rings (SSSR count). The molecule has 0 saturated heterocycles. The van der Waals surface area contributed by atoms with E-state index in [0.717, 1.165) is 0 Å². The zero-order valence-electron chi connectivity index (χ0n) is 11.1. The number of ether oxygens (including phenoxy) is 1. The maximum Gasteiger partial charge on any atom is 0.322 e. The zero-order valence-corrected chi connectivity index (χ0v) is 12.7. The summed E-state index contributed by atoms with van der Waals surface area (Å²) in [5.41, 5.74) is 1.01. The quantitative estimate of drug-likeness (QED) is 0.265. The first-order valence-electron chi connectivity index (χ1n) is 6.10. The summed E-state index contributed by atoms with van der Waals surface area (Å²) in [6, 6.07) is 7.21. The largest absolute Gasteiger partial charge is 0.460 e. The van der Waals surface area contributed by atoms with E-state index in [1.54, 1.807) is 16.8 Å². The van der Waals surface area contributed by atoms with Crippen LogP contribution in [-0.2, 0) is 20.9 Å². The van der Waals surface area contributed by atoms with E-state index in [2.05, 4.69) is 0 Å². The average molecular weight is 340 g/mol. The number of rotatable bonds is 6. The minimum Gasteiger partial charge on any atom is -0.460 e. The van der Waals surface area contributed by atoms with E-state index in [-0.39, 0.29) is 12.3 Å². The highest BCUT2D eigenvalue weighted by Gasteiger charge is 2.29. The second-order valence-electron chi connectivity index (χ2n) is 4.33. The Hall–Kier alpha value is -2.25. The van der Waals surface area contributed by atoms with Crippen molar-refractivity contribution in [2.24, 2.45) is 0 Å². The van der Waals surface area contributed by atoms with Crippen molar-refractivity contribution < 1.29 is 19.2 Å². The topological polar surface area (TPSA) is 86.5 Å². The molecule has 0 fully saturated rings. The van der Waals surface area contributed by atoms with Crippen molar-refractivity contribution in [3.05, 3.63) is 62.3 Å². The molecule has 1 unspecified atom stereocenters. The van der Waals surface area contributed by atoms with Gasteiger partial charge in [0, 0.05) is 12.1 Å². The number of carbonyl (C=O) groups is 2. The normalized spacial score (nSPS) is 11.7. The molecule has 0 spiro atoms. The summed E-state index contributed by atoms with van der Waals surface area (Å²) >= 11 is 6.80. The van der Waals surface area contributed by atoms with Gasteiger partial charge in [-0.2, -0.15) is 11.3 Å². The van der Waals surface area contributed by atoms with Crippen LogP contribution in [0.2, 0.25) is 0 Å². The van der Waals surface area contributed by atoms with Crippen molar-refractivity contribution in [2.75, 3.05) is 0 Å². The third-order valence-electron chi connectivity index (χ3n) is 2.87. The Morgan fingerprint density at radius 1 is 1.27 bits per heavy atom. The van der Waals surface area contributed by atoms with E-state index in [9.17, 15) is 19.7 Å². The monoisotopic (exact) mass is 339 g/mol. The number of hydrogen-bond donors (Lipinski definition) is 0. The van der Waals surface area contributed by atoms with Gasteiger partial charge >= 0.3 is 5.97 Å². The van der Waals surface area contributed by atoms with Crippen LogP contribution in [0.25, 0.3) is 0 Å². The molecule has 1 aromatic heterocycles. The number of benzene rings is 1. The van der Waals surface area contributed by atoms with E-state index in [1.807, 2.05) is 0 Å². The maximum atomic E-state index is 12.0. The molecule has 0 aliphatic rings. The van der Waals surface area contributed by atoms with Crippen LogP contribution in [0.3, 0.4) is 0 Å². The molecule has 0 bridgehead atoms. The van der Waals surface area contributed by atoms with E-state index >= 15 is 0 Å². The van der Waals surface area contributed by atoms with Crippen LogP contribution in [0.15, 0.2) is 41.1 Å². The predicted molar refractivity (Wildman–Crippen MR) is 80.8 cm³/mol. The second kappa shape index (κ2) is 7.15. The van der Waals surface area contributed by atoms with Gasteiger partial charge in [0.1, 0.15) is 6.61 Å². The molecule has 1 atom stereocenters. The number of non-ortho nitro benzene ring substituents is 1. The first-order chi connectivity index (χ1) is 10.5. The van der Waals surface area contributed by atoms with Gasteiger partial charge in [0.15, 0.2) is 5.92 Å². The number of carbonyl (C=O) groups excluding carboxylic acids is 2. The molecule has 0 N–H and O–H groups in total. The van der Waals surface area contributed by atoms with Gasteiger partial charge in [0.05, 0.1) is 4.92 Å². The highest BCUT2D eigenvalue weighted by atomic mass is 35.5. The standard InChI is InChI=1S/C14H10ClNO5S/c15-13(17)12(10-5-6-22-8-10)14(18)21-7-9-1-3-11(4-2-9)16(19)20/h1-6,8,12H,7H2. The van der Waals surface area contributed by atoms with Crippen LogP contribution in [0, 0.1) is 10.1 Å². The summed E-state index contributed by atoms with van der Waals surface area (Å²) in [6.45, 7) is -0.0956. The summed E-state index contributed by atoms with van der Waals surface area (Å²) in [5.74, 6) is -1.91. The molecule has 0 saturated carbocycles. The van der Waals surface area contributed by atoms with E-state index < -0.39 is 22.1 Å². The van der Waals surface area contributed by atoms with Crippen LogP contribution >= 0.6 is 22.9 Å². The van der Waals surface area contributed by atoms with Crippen molar-refractivity contribution in [3.8, 4) is 0 Å². The number of nitro groups is 1. The Kier molecular flexibility index (Phi) is 5.24. The third kappa shape index (κ3) is 3.90. The molecular weight excluding hydrogens is 330 g/mol. The predicted octanol–water partition coefficient (Wildman–Crippen LogP) is 3.25. The summed E-state index contributed by atoms with van der Waals surface area (Å²) in [4.78, 5) is 33.4. The van der Waals surface area contributed by atoms with Gasteiger partial charge in [-0.1, -0.05) is 0 Å². The lowest BCUT2D eigenvalue weighted by molar-refractivity contribution is -0.384. The lowest BCUT2D eigenvalue weighted by Gasteiger charge is -2.11. The SMILES string of the molecule is O=C(Cl)C(C(=O)OCc1ccc([N+](=O)[O-])cc1)c1ccsc1. The third-order valence-corrected chi connectivity index (χ3v) is 3.79. The molecule has 1 heterocycles. The Morgan fingerprint density at radius 2 is 1.95 bits per heavy atom. The van der Waals surface area contributed by atoms with Crippen LogP contribution in [0.5, 0.6) is 0 Å². The minimum absolute atomic E-state index is 0.0536. The Labute approximate surface area is 134 Å². The minimum atomic E-state index is -1.16. The van der Waals surface area contributed by atoms with Crippen LogP contribution < -0.4 is 0 Å². The number of hydrogen-bond acceptors (Lipinski definition) is 6. The fourth-order valence-electron chi connectivity index (χ4n) is 1.75. The van der Waals surface area contributed by atoms with Crippen LogP contribution in [0.1, 0.15) is 17.0 Å². The molecule has 1 aromatic carbocycles. The van der Waals surface area contributed by atoms with Gasteiger partial charge in [-0.05, 0) is 51.7 Å². The fraction of sp³-hybridized carbons (Fsp3) is 0.143. The number of halogens is 1. The molecule has 2 aromatic rings. The summed E-state index contributed by atoms with van der Waals surface area (Å²) in [5, 5.41) is 13.1. The number of thiophene rings is 1. The van der Waals surface area contributed by atoms with Crippen LogP contribution in [0.4, 0.5) is 5.69 Å². The highest BCUT2D eigenvalue weighted by Crippen LogP contribution is 2.23. The first kappa shape index (κ1) is 16.1. The van der Waals surface area contributed by atoms with Gasteiger partial charge in [0.25, 0.3) is 5.69 Å². The number of nitrogens with zero attached hydrogens (tertiary/aromatic N) is 1. The maximum absolute atomic E-state index is 12.0. The molecule has 6 nitrogen and oxygen atoms in total. The molecule has 8 heteroatoms. The molecule has 0 aliphatic heterocycles. The Balaban J connectivity index is 2.02. The molecule has 22 heavy (non-hydrogen) atoms. The lowest BCUT2D eigenvalue weighted by atomic mass is 10.0. The molecule has 0 aliphatic carbocycles. The van der Waals surface area contributed by atoms with Crippen molar-refractivity contribution in [1.82, 2.24) is 0 Å². The smallest absolute Gasteiger partial charge is 0.322 e. The summed E-state index contributed by atoms with van der Waals surface area (Å²) in [7, 11) is 0. The first-order valence-corrected chi connectivity index (χ1v) is 7.42.